The van der Waals surface area contributed by atoms with Crippen molar-refractivity contribution in [3.8, 4) is 0 Å². The summed E-state index contributed by atoms with van der Waals surface area (Å²) in [6.45, 7) is 4.26. The SMILES string of the molecule is CCCc1nnsc1C(O)Cc1ccc(CC)s1. The quantitative estimate of drug-likeness (QED) is 0.883. The Morgan fingerprint density at radius 3 is 2.72 bits per heavy atom. The maximum atomic E-state index is 10.3. The Labute approximate surface area is 116 Å². The van der Waals surface area contributed by atoms with Crippen LogP contribution in [0.3, 0.4) is 0 Å². The van der Waals surface area contributed by atoms with E-state index in [4.69, 9.17) is 0 Å². The molecule has 0 spiro atoms. The third-order valence-corrected chi connectivity index (χ3v) is 4.95. The fourth-order valence-corrected chi connectivity index (χ4v) is 3.56. The van der Waals surface area contributed by atoms with Gasteiger partial charge in [-0.25, -0.2) is 0 Å². The number of hydrogen-bond donors (Lipinski definition) is 1. The number of aliphatic hydroxyl groups excluding tert-OH is 1. The van der Waals surface area contributed by atoms with Crippen LogP contribution in [0.15, 0.2) is 12.1 Å². The van der Waals surface area contributed by atoms with Gasteiger partial charge in [0, 0.05) is 16.2 Å². The summed E-state index contributed by atoms with van der Waals surface area (Å²) in [7, 11) is 0. The first-order valence-electron chi connectivity index (χ1n) is 6.31. The lowest BCUT2D eigenvalue weighted by Gasteiger charge is -2.07. The Balaban J connectivity index is 2.06. The molecule has 0 fully saturated rings. The van der Waals surface area contributed by atoms with Crippen molar-refractivity contribution in [1.82, 2.24) is 9.59 Å². The topological polar surface area (TPSA) is 46.0 Å². The molecule has 2 aromatic heterocycles. The summed E-state index contributed by atoms with van der Waals surface area (Å²) in [5.41, 5.74) is 0.960. The molecular weight excluding hydrogens is 264 g/mol. The van der Waals surface area contributed by atoms with Crippen LogP contribution in [-0.4, -0.2) is 14.7 Å². The van der Waals surface area contributed by atoms with Crippen LogP contribution in [0.2, 0.25) is 0 Å². The standard InChI is InChI=1S/C13H18N2OS2/c1-3-5-11-13(18-15-14-11)12(16)8-10-7-6-9(4-2)17-10/h6-7,12,16H,3-5,8H2,1-2H3. The Morgan fingerprint density at radius 2 is 2.06 bits per heavy atom. The van der Waals surface area contributed by atoms with Gasteiger partial charge in [-0.1, -0.05) is 24.8 Å². The lowest BCUT2D eigenvalue weighted by atomic mass is 10.1. The summed E-state index contributed by atoms with van der Waals surface area (Å²) in [6, 6.07) is 4.26. The first kappa shape index (κ1) is 13.6. The zero-order valence-corrected chi connectivity index (χ0v) is 12.4. The molecule has 2 rings (SSSR count). The summed E-state index contributed by atoms with van der Waals surface area (Å²) < 4.78 is 3.96. The number of aryl methyl sites for hydroxylation is 2. The minimum atomic E-state index is -0.463. The maximum Gasteiger partial charge on any atom is 0.0965 e. The third-order valence-electron chi connectivity index (χ3n) is 2.83. The van der Waals surface area contributed by atoms with Crippen LogP contribution in [0.4, 0.5) is 0 Å². The number of aromatic nitrogens is 2. The van der Waals surface area contributed by atoms with Gasteiger partial charge in [-0.05, 0) is 36.5 Å². The third kappa shape index (κ3) is 3.16. The molecule has 0 bridgehead atoms. The molecule has 0 aliphatic rings. The van der Waals surface area contributed by atoms with E-state index in [1.54, 1.807) is 11.3 Å². The second-order valence-corrected chi connectivity index (χ2v) is 6.31. The van der Waals surface area contributed by atoms with Crippen molar-refractivity contribution >= 4 is 22.9 Å². The second-order valence-electron chi connectivity index (χ2n) is 4.28. The monoisotopic (exact) mass is 282 g/mol. The van der Waals surface area contributed by atoms with E-state index < -0.39 is 6.10 Å². The molecule has 0 saturated heterocycles. The largest absolute Gasteiger partial charge is 0.387 e. The fourth-order valence-electron chi connectivity index (χ4n) is 1.88. The van der Waals surface area contributed by atoms with Crippen molar-refractivity contribution in [1.29, 1.82) is 0 Å². The molecule has 1 unspecified atom stereocenters. The van der Waals surface area contributed by atoms with E-state index in [1.165, 1.54) is 21.3 Å². The molecule has 98 valence electrons. The van der Waals surface area contributed by atoms with Gasteiger partial charge in [-0.2, -0.15) is 0 Å². The smallest absolute Gasteiger partial charge is 0.0965 e. The van der Waals surface area contributed by atoms with Gasteiger partial charge < -0.3 is 5.11 Å². The van der Waals surface area contributed by atoms with Crippen molar-refractivity contribution in [2.24, 2.45) is 0 Å². The molecule has 18 heavy (non-hydrogen) atoms. The van der Waals surface area contributed by atoms with Gasteiger partial charge in [0.25, 0.3) is 0 Å². The van der Waals surface area contributed by atoms with Gasteiger partial charge in [0.15, 0.2) is 0 Å². The molecule has 0 aliphatic carbocycles. The molecule has 1 atom stereocenters. The van der Waals surface area contributed by atoms with Gasteiger partial charge in [0.2, 0.25) is 0 Å². The van der Waals surface area contributed by atoms with Crippen LogP contribution in [0.5, 0.6) is 0 Å². The molecule has 3 nitrogen and oxygen atoms in total. The number of hydrogen-bond acceptors (Lipinski definition) is 5. The number of thiophene rings is 1. The van der Waals surface area contributed by atoms with E-state index in [0.29, 0.717) is 6.42 Å². The van der Waals surface area contributed by atoms with Gasteiger partial charge in [-0.3, -0.25) is 0 Å². The van der Waals surface area contributed by atoms with E-state index in [1.807, 2.05) is 0 Å². The average molecular weight is 282 g/mol. The highest BCUT2D eigenvalue weighted by molar-refractivity contribution is 7.12. The Bertz CT molecular complexity index is 493. The lowest BCUT2D eigenvalue weighted by Crippen LogP contribution is -2.02. The predicted molar refractivity (Wildman–Crippen MR) is 76.3 cm³/mol. The summed E-state index contributed by atoms with van der Waals surface area (Å²) in [4.78, 5) is 3.53. The van der Waals surface area contributed by atoms with Crippen molar-refractivity contribution < 1.29 is 5.11 Å². The molecule has 0 radical (unpaired) electrons. The van der Waals surface area contributed by atoms with Crippen molar-refractivity contribution in [2.45, 2.75) is 45.6 Å². The fraction of sp³-hybridized carbons (Fsp3) is 0.538. The highest BCUT2D eigenvalue weighted by atomic mass is 32.1. The van der Waals surface area contributed by atoms with E-state index in [-0.39, 0.29) is 0 Å². The van der Waals surface area contributed by atoms with Crippen LogP contribution in [0, 0.1) is 0 Å². The molecule has 0 aromatic carbocycles. The summed E-state index contributed by atoms with van der Waals surface area (Å²) >= 11 is 3.10. The van der Waals surface area contributed by atoms with Crippen LogP contribution < -0.4 is 0 Å². The Morgan fingerprint density at radius 1 is 1.28 bits per heavy atom. The molecule has 5 heteroatoms. The molecule has 2 aromatic rings. The number of nitrogens with zero attached hydrogens (tertiary/aromatic N) is 2. The lowest BCUT2D eigenvalue weighted by molar-refractivity contribution is 0.182. The van der Waals surface area contributed by atoms with Crippen LogP contribution >= 0.6 is 22.9 Å². The maximum absolute atomic E-state index is 10.3. The van der Waals surface area contributed by atoms with E-state index >= 15 is 0 Å². The molecule has 0 aliphatic heterocycles. The van der Waals surface area contributed by atoms with Crippen LogP contribution in [0.1, 0.15) is 46.7 Å². The van der Waals surface area contributed by atoms with E-state index in [2.05, 4.69) is 35.6 Å². The second kappa shape index (κ2) is 6.41. The van der Waals surface area contributed by atoms with E-state index in [0.717, 1.165) is 29.8 Å². The van der Waals surface area contributed by atoms with Crippen LogP contribution in [0.25, 0.3) is 0 Å². The minimum Gasteiger partial charge on any atom is -0.387 e. The van der Waals surface area contributed by atoms with Crippen LogP contribution in [-0.2, 0) is 19.3 Å². The zero-order chi connectivity index (χ0) is 13.0. The number of aliphatic hydroxyl groups is 1. The molecule has 0 amide bonds. The highest BCUT2D eigenvalue weighted by Crippen LogP contribution is 2.27. The molecular formula is C13H18N2OS2. The molecule has 1 N–H and O–H groups in total. The summed E-state index contributed by atoms with van der Waals surface area (Å²) in [5.74, 6) is 0. The number of rotatable bonds is 6. The first-order chi connectivity index (χ1) is 8.74. The Hall–Kier alpha value is -0.780. The van der Waals surface area contributed by atoms with Crippen molar-refractivity contribution in [3.05, 3.63) is 32.5 Å². The van der Waals surface area contributed by atoms with Gasteiger partial charge in [0.05, 0.1) is 16.7 Å². The summed E-state index contributed by atoms with van der Waals surface area (Å²) in [6.07, 6.45) is 3.20. The normalized spacial score (nSPS) is 12.8. The summed E-state index contributed by atoms with van der Waals surface area (Å²) in [5, 5.41) is 14.4. The predicted octanol–water partition coefficient (Wildman–Crippen LogP) is 3.39. The molecule has 2 heterocycles. The van der Waals surface area contributed by atoms with Crippen molar-refractivity contribution in [3.63, 3.8) is 0 Å². The van der Waals surface area contributed by atoms with Gasteiger partial charge in [-0.15, -0.1) is 16.4 Å². The minimum absolute atomic E-state index is 0.463. The zero-order valence-electron chi connectivity index (χ0n) is 10.7. The average Bonchev–Trinajstić information content (AvgIpc) is 2.98. The Kier molecular flexibility index (Phi) is 4.86. The first-order valence-corrected chi connectivity index (χ1v) is 7.90. The molecule has 0 saturated carbocycles. The highest BCUT2D eigenvalue weighted by Gasteiger charge is 2.17. The van der Waals surface area contributed by atoms with E-state index in [9.17, 15) is 5.11 Å². The van der Waals surface area contributed by atoms with Crippen molar-refractivity contribution in [2.75, 3.05) is 0 Å². The van der Waals surface area contributed by atoms with Gasteiger partial charge >= 0.3 is 0 Å². The van der Waals surface area contributed by atoms with Gasteiger partial charge in [0.1, 0.15) is 0 Å².